The fourth-order valence-corrected chi connectivity index (χ4v) is 0.853. The topological polar surface area (TPSA) is 30.0 Å². The molecule has 0 amide bonds. The van der Waals surface area contributed by atoms with E-state index in [1.54, 1.807) is 12.3 Å². The monoisotopic (exact) mass is 185 g/mol. The van der Waals surface area contributed by atoms with Gasteiger partial charge in [-0.25, -0.2) is 0 Å². The number of pyridine rings is 1. The van der Waals surface area contributed by atoms with Crippen LogP contribution in [-0.4, -0.2) is 10.8 Å². The lowest BCUT2D eigenvalue weighted by Gasteiger charge is -1.87. The molecule has 2 heteroatoms. The number of hydrogen-bond acceptors (Lipinski definition) is 2. The van der Waals surface area contributed by atoms with Crippen molar-refractivity contribution in [1.82, 2.24) is 4.98 Å². The highest BCUT2D eigenvalue weighted by atomic mass is 16.1. The number of nitrogens with zero attached hydrogens (tertiary/aromatic N) is 1. The average molecular weight is 185 g/mol. The molecule has 0 aliphatic carbocycles. The van der Waals surface area contributed by atoms with Crippen LogP contribution in [0.4, 0.5) is 0 Å². The quantitative estimate of drug-likeness (QED) is 0.401. The Morgan fingerprint density at radius 1 is 1.57 bits per heavy atom. The summed E-state index contributed by atoms with van der Waals surface area (Å²) in [4.78, 5) is 15.1. The van der Waals surface area contributed by atoms with Gasteiger partial charge < -0.3 is 0 Å². The van der Waals surface area contributed by atoms with Crippen LogP contribution in [0.5, 0.6) is 0 Å². The Morgan fingerprint density at radius 2 is 2.43 bits per heavy atom. The molecule has 2 nitrogen and oxygen atoms in total. The van der Waals surface area contributed by atoms with Crippen LogP contribution in [0.3, 0.4) is 0 Å². The summed E-state index contributed by atoms with van der Waals surface area (Å²) in [7, 11) is 0. The van der Waals surface area contributed by atoms with Gasteiger partial charge in [-0.1, -0.05) is 18.9 Å². The maximum Gasteiger partial charge on any atom is 0.228 e. The van der Waals surface area contributed by atoms with Crippen LogP contribution in [0.25, 0.3) is 6.08 Å². The van der Waals surface area contributed by atoms with Crippen molar-refractivity contribution in [1.29, 1.82) is 0 Å². The van der Waals surface area contributed by atoms with Crippen LogP contribution in [0.1, 0.15) is 19.0 Å². The van der Waals surface area contributed by atoms with Crippen LogP contribution in [-0.2, 0) is 4.79 Å². The van der Waals surface area contributed by atoms with E-state index < -0.39 is 0 Å². The van der Waals surface area contributed by atoms with Gasteiger partial charge in [0.25, 0.3) is 0 Å². The van der Waals surface area contributed by atoms with Gasteiger partial charge in [0.2, 0.25) is 5.78 Å². The van der Waals surface area contributed by atoms with E-state index in [1.807, 2.05) is 25.1 Å². The fourth-order valence-electron chi connectivity index (χ4n) is 0.853. The molecule has 0 radical (unpaired) electrons. The Labute approximate surface area is 83.7 Å². The average Bonchev–Trinajstić information content (AvgIpc) is 2.25. The first-order chi connectivity index (χ1) is 6.83. The van der Waals surface area contributed by atoms with Crippen molar-refractivity contribution in [3.05, 3.63) is 36.2 Å². The summed E-state index contributed by atoms with van der Waals surface area (Å²) in [5.41, 5.74) is 0.763. The predicted molar refractivity (Wildman–Crippen MR) is 56.3 cm³/mol. The third-order valence-electron chi connectivity index (χ3n) is 1.48. The minimum absolute atomic E-state index is 0.183. The predicted octanol–water partition coefficient (Wildman–Crippen LogP) is 2.08. The maximum absolute atomic E-state index is 11.1. The summed E-state index contributed by atoms with van der Waals surface area (Å²) in [5, 5.41) is 0. The van der Waals surface area contributed by atoms with Crippen molar-refractivity contribution in [3.63, 3.8) is 0 Å². The van der Waals surface area contributed by atoms with E-state index in [1.165, 1.54) is 6.08 Å². The number of ketones is 1. The molecule has 0 aliphatic rings. The number of rotatable bonds is 2. The molecular formula is C12H11NO. The van der Waals surface area contributed by atoms with E-state index >= 15 is 0 Å². The second-order valence-corrected chi connectivity index (χ2v) is 2.61. The Morgan fingerprint density at radius 3 is 3.07 bits per heavy atom. The van der Waals surface area contributed by atoms with Gasteiger partial charge in [0.1, 0.15) is 0 Å². The van der Waals surface area contributed by atoms with E-state index in [4.69, 9.17) is 0 Å². The molecule has 0 N–H and O–H groups in total. The number of hydrogen-bond donors (Lipinski definition) is 0. The standard InChI is InChI=1S/C12H11NO/c1-2-3-7-12(14)9-8-11-6-4-5-10-13-11/h4-6,8-10H,2H2,1H3/b9-8+. The van der Waals surface area contributed by atoms with E-state index in [2.05, 4.69) is 16.8 Å². The van der Waals surface area contributed by atoms with Crippen molar-refractivity contribution in [2.45, 2.75) is 13.3 Å². The van der Waals surface area contributed by atoms with Crippen molar-refractivity contribution in [3.8, 4) is 11.8 Å². The lowest BCUT2D eigenvalue weighted by molar-refractivity contribution is -0.109. The Kier molecular flexibility index (Phi) is 4.16. The number of aromatic nitrogens is 1. The molecule has 0 atom stereocenters. The van der Waals surface area contributed by atoms with Crippen molar-refractivity contribution in [2.75, 3.05) is 0 Å². The van der Waals surface area contributed by atoms with Gasteiger partial charge in [-0.2, -0.15) is 0 Å². The summed E-state index contributed by atoms with van der Waals surface area (Å²) >= 11 is 0. The number of carbonyl (C=O) groups excluding carboxylic acids is 1. The molecule has 0 aliphatic heterocycles. The highest BCUT2D eigenvalue weighted by Gasteiger charge is 1.88. The van der Waals surface area contributed by atoms with Gasteiger partial charge in [0.15, 0.2) is 0 Å². The highest BCUT2D eigenvalue weighted by Crippen LogP contribution is 1.95. The summed E-state index contributed by atoms with van der Waals surface area (Å²) in [6.07, 6.45) is 5.47. The summed E-state index contributed by atoms with van der Waals surface area (Å²) in [6, 6.07) is 5.53. The molecule has 0 saturated heterocycles. The minimum atomic E-state index is -0.183. The van der Waals surface area contributed by atoms with Crippen molar-refractivity contribution < 1.29 is 4.79 Å². The Balaban J connectivity index is 2.61. The van der Waals surface area contributed by atoms with Crippen molar-refractivity contribution in [2.24, 2.45) is 0 Å². The molecule has 0 spiro atoms. The van der Waals surface area contributed by atoms with E-state index in [0.29, 0.717) is 6.42 Å². The molecule has 0 bridgehead atoms. The second kappa shape index (κ2) is 5.71. The molecule has 1 aromatic rings. The van der Waals surface area contributed by atoms with Gasteiger partial charge in [-0.15, -0.1) is 0 Å². The van der Waals surface area contributed by atoms with E-state index in [0.717, 1.165) is 5.69 Å². The van der Waals surface area contributed by atoms with Crippen LogP contribution >= 0.6 is 0 Å². The normalized spacial score (nSPS) is 9.50. The molecule has 0 aromatic carbocycles. The van der Waals surface area contributed by atoms with Crippen LogP contribution in [0.2, 0.25) is 0 Å². The third-order valence-corrected chi connectivity index (χ3v) is 1.48. The number of allylic oxidation sites excluding steroid dienone is 1. The van der Waals surface area contributed by atoms with Gasteiger partial charge >= 0.3 is 0 Å². The van der Waals surface area contributed by atoms with Gasteiger partial charge in [-0.05, 0) is 30.2 Å². The fraction of sp³-hybridized carbons (Fsp3) is 0.167. The second-order valence-electron chi connectivity index (χ2n) is 2.61. The molecule has 0 unspecified atom stereocenters. The summed E-state index contributed by atoms with van der Waals surface area (Å²) in [5.74, 6) is 5.03. The minimum Gasteiger partial charge on any atom is -0.280 e. The molecule has 1 rings (SSSR count). The van der Waals surface area contributed by atoms with Crippen LogP contribution < -0.4 is 0 Å². The van der Waals surface area contributed by atoms with Gasteiger partial charge in [-0.3, -0.25) is 9.78 Å². The van der Waals surface area contributed by atoms with Crippen molar-refractivity contribution >= 4 is 11.9 Å². The molecule has 0 saturated carbocycles. The smallest absolute Gasteiger partial charge is 0.228 e. The van der Waals surface area contributed by atoms with Crippen LogP contribution in [0.15, 0.2) is 30.5 Å². The molecule has 14 heavy (non-hydrogen) atoms. The zero-order chi connectivity index (χ0) is 10.2. The molecular weight excluding hydrogens is 174 g/mol. The third kappa shape index (κ3) is 3.68. The Hall–Kier alpha value is -1.88. The molecule has 1 heterocycles. The van der Waals surface area contributed by atoms with E-state index in [9.17, 15) is 4.79 Å². The molecule has 1 aromatic heterocycles. The maximum atomic E-state index is 11.1. The first kappa shape index (κ1) is 10.2. The molecule has 0 fully saturated rings. The first-order valence-electron chi connectivity index (χ1n) is 4.45. The highest BCUT2D eigenvalue weighted by molar-refractivity contribution is 6.06. The number of carbonyl (C=O) groups is 1. The SMILES string of the molecule is CCC#CC(=O)/C=C/c1ccccn1. The summed E-state index contributed by atoms with van der Waals surface area (Å²) < 4.78 is 0. The molecule has 70 valence electrons. The summed E-state index contributed by atoms with van der Waals surface area (Å²) in [6.45, 7) is 1.91. The zero-order valence-electron chi connectivity index (χ0n) is 8.03. The first-order valence-corrected chi connectivity index (χ1v) is 4.45. The lowest BCUT2D eigenvalue weighted by Crippen LogP contribution is -1.86. The van der Waals surface area contributed by atoms with Gasteiger partial charge in [0.05, 0.1) is 5.69 Å². The van der Waals surface area contributed by atoms with E-state index in [-0.39, 0.29) is 5.78 Å². The van der Waals surface area contributed by atoms with Gasteiger partial charge in [0, 0.05) is 12.6 Å². The zero-order valence-corrected chi connectivity index (χ0v) is 8.03. The lowest BCUT2D eigenvalue weighted by atomic mass is 10.3. The Bertz CT molecular complexity index is 382. The van der Waals surface area contributed by atoms with Crippen LogP contribution in [0, 0.1) is 11.8 Å². The largest absolute Gasteiger partial charge is 0.280 e.